The Labute approximate surface area is 332 Å². The molecule has 1 amide bonds. The predicted octanol–water partition coefficient (Wildman–Crippen LogP) is 8.67. The Hall–Kier alpha value is -7.45. The highest BCUT2D eigenvalue weighted by atomic mass is 35.5. The van der Waals surface area contributed by atoms with Crippen LogP contribution in [0.5, 0.6) is 11.5 Å². The van der Waals surface area contributed by atoms with E-state index in [0.29, 0.717) is 28.8 Å². The van der Waals surface area contributed by atoms with Crippen LogP contribution in [0.4, 0.5) is 32.6 Å². The normalized spacial score (nSPS) is 10.5. The smallest absolute Gasteiger partial charge is 0.415 e. The van der Waals surface area contributed by atoms with Gasteiger partial charge in [-0.2, -0.15) is 0 Å². The molecule has 0 radical (unpaired) electrons. The van der Waals surface area contributed by atoms with Gasteiger partial charge in [0.05, 0.1) is 10.8 Å². The summed E-state index contributed by atoms with van der Waals surface area (Å²) in [4.78, 5) is 39.0. The summed E-state index contributed by atoms with van der Waals surface area (Å²) in [5, 5.41) is 4.45. The van der Waals surface area contributed by atoms with E-state index >= 15 is 0 Å². The van der Waals surface area contributed by atoms with E-state index in [0.717, 1.165) is 61.1 Å². The van der Waals surface area contributed by atoms with Crippen LogP contribution in [-0.4, -0.2) is 40.6 Å². The number of nitrogens with two attached hydrogens (primary N) is 3. The van der Waals surface area contributed by atoms with Crippen molar-refractivity contribution < 1.29 is 19.1 Å². The van der Waals surface area contributed by atoms with Gasteiger partial charge in [-0.05, 0) is 84.6 Å². The van der Waals surface area contributed by atoms with E-state index in [4.69, 9.17) is 33.5 Å². The first-order valence-electron chi connectivity index (χ1n) is 17.4. The first-order chi connectivity index (χ1) is 27.4. The molecule has 15 heteroatoms. The standard InChI is InChI=1S/C21H19N5O2.C14H15N5.C7H5ClO2/c1-13-10-14(25-21(27)28-15-6-4-3-5-7-15)8-9-16(13)17-11-26(2)20-18(17)19(22)23-12-24-20;1-8-5-9(15)3-4-10(8)11-6-19(2)14-12(11)13(16)17-7-18-14;8-7(9)10-6-4-2-1-3-5-6/h3-12H,1-2H3,(H,25,27)(H2,22,23,24);3-7H,15H2,1-2H3,(H2,16,17,18);1-5H. The summed E-state index contributed by atoms with van der Waals surface area (Å²) in [6.07, 6.45) is 6.40. The maximum Gasteiger partial charge on any atom is 0.417 e. The molecule has 0 aliphatic rings. The number of hydrogen-bond acceptors (Lipinski definition) is 11. The topological polar surface area (TPSA) is 204 Å². The molecule has 0 unspecified atom stereocenters. The Morgan fingerprint density at radius 1 is 0.614 bits per heavy atom. The Morgan fingerprint density at radius 2 is 1.09 bits per heavy atom. The fraction of sp³-hybridized carbons (Fsp3) is 0.0952. The third-order valence-electron chi connectivity index (χ3n) is 8.76. The molecule has 0 bridgehead atoms. The number of para-hydroxylation sites is 2. The van der Waals surface area contributed by atoms with Crippen molar-refractivity contribution in [1.82, 2.24) is 29.1 Å². The Balaban J connectivity index is 0.000000162. The van der Waals surface area contributed by atoms with Crippen molar-refractivity contribution in [2.75, 3.05) is 22.5 Å². The second kappa shape index (κ2) is 17.3. The molecule has 57 heavy (non-hydrogen) atoms. The lowest BCUT2D eigenvalue weighted by atomic mass is 10.0. The molecule has 8 aromatic rings. The number of rotatable bonds is 5. The van der Waals surface area contributed by atoms with E-state index in [9.17, 15) is 9.59 Å². The molecule has 14 nitrogen and oxygen atoms in total. The summed E-state index contributed by atoms with van der Waals surface area (Å²) in [7, 11) is 3.87. The van der Waals surface area contributed by atoms with E-state index in [-0.39, 0.29) is 0 Å². The number of nitrogen functional groups attached to an aromatic ring is 3. The zero-order valence-electron chi connectivity index (χ0n) is 31.5. The SMILES string of the molecule is Cc1cc(N)ccc1-c1cn(C)c2ncnc(N)c12.Cc1cc(NC(=O)Oc2ccccc2)ccc1-c1cn(C)c2ncnc(N)c12.O=C(Cl)Oc1ccccc1. The number of ether oxygens (including phenoxy) is 2. The minimum atomic E-state index is -0.814. The highest BCUT2D eigenvalue weighted by molar-refractivity contribution is 6.61. The second-order valence-electron chi connectivity index (χ2n) is 12.8. The third-order valence-corrected chi connectivity index (χ3v) is 8.84. The molecule has 0 fully saturated rings. The molecule has 0 saturated heterocycles. The summed E-state index contributed by atoms with van der Waals surface area (Å²) >= 11 is 4.95. The van der Waals surface area contributed by atoms with Crippen LogP contribution in [0.3, 0.4) is 0 Å². The van der Waals surface area contributed by atoms with Gasteiger partial charge in [-0.15, -0.1) is 0 Å². The van der Waals surface area contributed by atoms with Gasteiger partial charge in [0.1, 0.15) is 47.1 Å². The van der Waals surface area contributed by atoms with Crippen molar-refractivity contribution >= 4 is 68.2 Å². The second-order valence-corrected chi connectivity index (χ2v) is 13.1. The Kier molecular flexibility index (Phi) is 11.9. The molecule has 288 valence electrons. The molecule has 0 aliphatic carbocycles. The molecule has 4 aromatic carbocycles. The fourth-order valence-electron chi connectivity index (χ4n) is 6.23. The number of aromatic nitrogens is 6. The number of amides is 1. The van der Waals surface area contributed by atoms with Gasteiger partial charge < -0.3 is 35.8 Å². The number of fused-ring (bicyclic) bond motifs is 2. The van der Waals surface area contributed by atoms with Crippen LogP contribution < -0.4 is 32.0 Å². The lowest BCUT2D eigenvalue weighted by Crippen LogP contribution is -2.16. The molecular weight excluding hydrogens is 744 g/mol. The van der Waals surface area contributed by atoms with Crippen LogP contribution in [-0.2, 0) is 14.1 Å². The average molecular weight is 783 g/mol. The highest BCUT2D eigenvalue weighted by Gasteiger charge is 2.17. The van der Waals surface area contributed by atoms with Gasteiger partial charge in [0.15, 0.2) is 0 Å². The molecule has 0 spiro atoms. The first-order valence-corrected chi connectivity index (χ1v) is 17.8. The van der Waals surface area contributed by atoms with E-state index in [1.165, 1.54) is 12.7 Å². The van der Waals surface area contributed by atoms with Crippen molar-refractivity contribution in [3.63, 3.8) is 0 Å². The van der Waals surface area contributed by atoms with Crippen molar-refractivity contribution in [1.29, 1.82) is 0 Å². The van der Waals surface area contributed by atoms with Gasteiger partial charge in [-0.25, -0.2) is 29.5 Å². The monoisotopic (exact) mass is 782 g/mol. The molecule has 4 aromatic heterocycles. The minimum Gasteiger partial charge on any atom is -0.415 e. The van der Waals surface area contributed by atoms with Gasteiger partial charge in [0.25, 0.3) is 0 Å². The highest BCUT2D eigenvalue weighted by Crippen LogP contribution is 2.36. The first kappa shape index (κ1) is 39.2. The van der Waals surface area contributed by atoms with Crippen LogP contribution in [0.1, 0.15) is 11.1 Å². The fourth-order valence-corrected chi connectivity index (χ4v) is 6.32. The van der Waals surface area contributed by atoms with Gasteiger partial charge in [-0.3, -0.25) is 5.32 Å². The number of nitrogens with one attached hydrogen (secondary N) is 1. The zero-order chi connectivity index (χ0) is 40.6. The summed E-state index contributed by atoms with van der Waals surface area (Å²) < 4.78 is 13.7. The van der Waals surface area contributed by atoms with Crippen LogP contribution in [0.2, 0.25) is 0 Å². The number of halogens is 1. The van der Waals surface area contributed by atoms with Gasteiger partial charge >= 0.3 is 11.5 Å². The molecule has 4 heterocycles. The molecular formula is C42H39ClN10O4. The van der Waals surface area contributed by atoms with E-state index < -0.39 is 11.5 Å². The van der Waals surface area contributed by atoms with Crippen LogP contribution >= 0.6 is 11.6 Å². The van der Waals surface area contributed by atoms with E-state index in [1.807, 2.05) is 98.0 Å². The molecule has 0 atom stereocenters. The molecule has 0 aliphatic heterocycles. The largest absolute Gasteiger partial charge is 0.417 e. The number of carbonyl (C=O) groups excluding carboxylic acids is 2. The van der Waals surface area contributed by atoms with Crippen LogP contribution in [0.15, 0.2) is 122 Å². The van der Waals surface area contributed by atoms with Crippen molar-refractivity contribution in [3.8, 4) is 33.8 Å². The molecule has 0 saturated carbocycles. The quantitative estimate of drug-likeness (QED) is 0.0960. The summed E-state index contributed by atoms with van der Waals surface area (Å²) in [6.45, 7) is 4.01. The van der Waals surface area contributed by atoms with Gasteiger partial charge in [0.2, 0.25) is 0 Å². The van der Waals surface area contributed by atoms with Crippen LogP contribution in [0, 0.1) is 13.8 Å². The summed E-state index contributed by atoms with van der Waals surface area (Å²) in [5.74, 6) is 1.88. The van der Waals surface area contributed by atoms with E-state index in [2.05, 4.69) is 30.0 Å². The average Bonchev–Trinajstić information content (AvgIpc) is 3.70. The summed E-state index contributed by atoms with van der Waals surface area (Å²) in [5.41, 5.74) is 26.2. The number of carbonyl (C=O) groups is 2. The van der Waals surface area contributed by atoms with Crippen molar-refractivity contribution in [3.05, 3.63) is 133 Å². The number of nitrogens with zero attached hydrogens (tertiary/aromatic N) is 6. The van der Waals surface area contributed by atoms with Crippen molar-refractivity contribution in [2.24, 2.45) is 14.1 Å². The zero-order valence-corrected chi connectivity index (χ0v) is 32.2. The van der Waals surface area contributed by atoms with Gasteiger partial charge in [-0.1, -0.05) is 48.5 Å². The minimum absolute atomic E-state index is 0.439. The van der Waals surface area contributed by atoms with Crippen molar-refractivity contribution in [2.45, 2.75) is 13.8 Å². The van der Waals surface area contributed by atoms with Crippen LogP contribution in [0.25, 0.3) is 44.3 Å². The summed E-state index contributed by atoms with van der Waals surface area (Å²) in [6, 6.07) is 29.1. The number of aryl methyl sites for hydroxylation is 4. The third kappa shape index (κ3) is 9.27. The lowest BCUT2D eigenvalue weighted by Gasteiger charge is -2.10. The van der Waals surface area contributed by atoms with E-state index in [1.54, 1.807) is 48.5 Å². The molecule has 8 rings (SSSR count). The Bertz CT molecular complexity index is 2700. The maximum atomic E-state index is 12.1. The maximum absolute atomic E-state index is 12.1. The number of hydrogen-bond donors (Lipinski definition) is 4. The number of anilines is 4. The van der Waals surface area contributed by atoms with Gasteiger partial charge in [0, 0.05) is 60.6 Å². The Morgan fingerprint density at radius 3 is 1.56 bits per heavy atom. The molecule has 7 N–H and O–H groups in total. The predicted molar refractivity (Wildman–Crippen MR) is 225 cm³/mol. The number of benzene rings is 4. The lowest BCUT2D eigenvalue weighted by molar-refractivity contribution is 0.215.